The first-order valence-electron chi connectivity index (χ1n) is 20.9. The number of cyclic esters (lactones) is 1. The van der Waals surface area contributed by atoms with E-state index in [2.05, 4.69) is 16.0 Å². The normalized spacial score (nSPS) is 25.7. The van der Waals surface area contributed by atoms with Crippen LogP contribution in [0.3, 0.4) is 0 Å². The number of phenols is 1. The van der Waals surface area contributed by atoms with Crippen LogP contribution in [0.5, 0.6) is 5.75 Å². The van der Waals surface area contributed by atoms with Gasteiger partial charge in [0.1, 0.15) is 41.5 Å². The van der Waals surface area contributed by atoms with Crippen molar-refractivity contribution in [3.63, 3.8) is 0 Å². The topological polar surface area (TPSA) is 280 Å². The summed E-state index contributed by atoms with van der Waals surface area (Å²) in [4.78, 5) is 104. The number of likely N-dealkylation sites (tertiary alicyclic amines) is 1. The SMILES string of the molecule is CC[C@H](C)[C@@H]1NC(=O)[C@@H]2CCCN2C(=O)[C@@H](NC(=O)[C@@H]2CCCN2C(=O)[C@@H](COC)NS(=O)(=O)O)COC(=O)/C(C)=C/C(C)=C/c2csc(n2)[C@H](Cc2ccc(O)cc2)NC(=O)C1=O. The standard InChI is InChI=1S/C42H55N7O13S2/c1-6-24(3)34-35(51)38(54)44-29(19-26-11-13-28(50)14-12-26)39-43-27(22-63-39)18-23(2)17-25(4)42(57)62-21-30(40(55)48-15-8-10-33(48)37(53)46-34)45-36(52)32-9-7-16-49(32)41(56)31(20-61-5)47-64(58,59)60/h11-14,17-18,22,24,29-34,47,50H,6-10,15-16,19-21H2,1-5H3,(H,44,54)(H,45,52)(H,46,53)(H,58,59,60)/b23-18+,25-17+/t24-,29-,30-,31+,32-,33-,34-/m0/s1. The number of hydrogen-bond donors (Lipinski definition) is 6. The third-order valence-corrected chi connectivity index (χ3v) is 12.8. The van der Waals surface area contributed by atoms with E-state index in [9.17, 15) is 51.6 Å². The van der Waals surface area contributed by atoms with Crippen LogP contribution in [0.4, 0.5) is 0 Å². The Labute approximate surface area is 375 Å². The maximum Gasteiger partial charge on any atom is 0.334 e. The van der Waals surface area contributed by atoms with Gasteiger partial charge in [0.2, 0.25) is 29.4 Å². The Hall–Kier alpha value is -5.55. The van der Waals surface area contributed by atoms with E-state index >= 15 is 0 Å². The van der Waals surface area contributed by atoms with Crippen LogP contribution in [0.15, 0.2) is 46.9 Å². The van der Waals surface area contributed by atoms with Gasteiger partial charge < -0.3 is 40.3 Å². The highest BCUT2D eigenvalue weighted by molar-refractivity contribution is 7.83. The zero-order valence-corrected chi connectivity index (χ0v) is 37.8. The highest BCUT2D eigenvalue weighted by Crippen LogP contribution is 2.27. The zero-order valence-electron chi connectivity index (χ0n) is 36.2. The number of carbonyl (C=O) groups excluding carboxylic acids is 7. The fourth-order valence-electron chi connectivity index (χ4n) is 7.82. The Balaban J connectivity index is 1.48. The number of rotatable bonds is 11. The molecule has 2 fully saturated rings. The number of nitrogens with one attached hydrogen (secondary N) is 4. The minimum absolute atomic E-state index is 0.0263. The number of nitrogens with zero attached hydrogens (tertiary/aromatic N) is 3. The lowest BCUT2D eigenvalue weighted by Crippen LogP contribution is -2.60. The van der Waals surface area contributed by atoms with Gasteiger partial charge in [-0.3, -0.25) is 33.3 Å². The van der Waals surface area contributed by atoms with Crippen LogP contribution in [0.2, 0.25) is 0 Å². The molecular formula is C42H55N7O13S2. The van der Waals surface area contributed by atoms with Crippen LogP contribution in [0.25, 0.3) is 6.08 Å². The summed E-state index contributed by atoms with van der Waals surface area (Å²) < 4.78 is 45.0. The molecular weight excluding hydrogens is 875 g/mol. The molecule has 0 radical (unpaired) electrons. The summed E-state index contributed by atoms with van der Waals surface area (Å²) in [6.07, 6.45) is 4.76. The number of methoxy groups -OCH3 is 1. The first-order chi connectivity index (χ1) is 30.3. The van der Waals surface area contributed by atoms with E-state index in [1.54, 1.807) is 49.1 Å². The van der Waals surface area contributed by atoms with Crippen LogP contribution in [-0.4, -0.2) is 138 Å². The molecule has 4 heterocycles. The summed E-state index contributed by atoms with van der Waals surface area (Å²) in [5, 5.41) is 20.2. The molecule has 0 unspecified atom stereocenters. The van der Waals surface area contributed by atoms with Crippen LogP contribution < -0.4 is 20.7 Å². The Morgan fingerprint density at radius 2 is 1.75 bits per heavy atom. The van der Waals surface area contributed by atoms with Gasteiger partial charge in [-0.2, -0.15) is 13.1 Å². The predicted octanol–water partition coefficient (Wildman–Crippen LogP) is 1.13. The monoisotopic (exact) mass is 929 g/mol. The molecule has 0 aliphatic carbocycles. The summed E-state index contributed by atoms with van der Waals surface area (Å²) in [6.45, 7) is 5.62. The second kappa shape index (κ2) is 21.9. The first-order valence-corrected chi connectivity index (χ1v) is 23.2. The fourth-order valence-corrected chi connectivity index (χ4v) is 9.17. The predicted molar refractivity (Wildman–Crippen MR) is 231 cm³/mol. The van der Waals surface area contributed by atoms with Crippen LogP contribution in [-0.2, 0) is 59.8 Å². The summed E-state index contributed by atoms with van der Waals surface area (Å²) in [5.41, 5.74) is 1.92. The third kappa shape index (κ3) is 12.8. The van der Waals surface area contributed by atoms with Gasteiger partial charge in [-0.25, -0.2) is 9.78 Å². The summed E-state index contributed by atoms with van der Waals surface area (Å²) in [6, 6.07) is -1.27. The minimum Gasteiger partial charge on any atom is -0.508 e. The number of ketones is 1. The van der Waals surface area contributed by atoms with Gasteiger partial charge in [0, 0.05) is 31.2 Å². The number of hydrogen-bond acceptors (Lipinski definition) is 14. The van der Waals surface area contributed by atoms with E-state index in [0.29, 0.717) is 35.5 Å². The number of benzene rings is 1. The van der Waals surface area contributed by atoms with Crippen molar-refractivity contribution in [1.29, 1.82) is 0 Å². The van der Waals surface area contributed by atoms with Crippen LogP contribution in [0.1, 0.15) is 82.1 Å². The fraction of sp³-hybridized carbons (Fsp3) is 0.524. The molecule has 64 heavy (non-hydrogen) atoms. The first kappa shape index (κ1) is 49.5. The molecule has 2 saturated heterocycles. The molecule has 3 aliphatic rings. The van der Waals surface area contributed by atoms with Gasteiger partial charge in [0.15, 0.2) is 0 Å². The highest BCUT2D eigenvalue weighted by Gasteiger charge is 2.43. The third-order valence-electron chi connectivity index (χ3n) is 11.3. The van der Waals surface area contributed by atoms with E-state index in [0.717, 1.165) is 10.5 Å². The van der Waals surface area contributed by atoms with Gasteiger partial charge in [-0.05, 0) is 87.3 Å². The van der Waals surface area contributed by atoms with Crippen molar-refractivity contribution in [3.05, 3.63) is 63.1 Å². The molecule has 1 aromatic heterocycles. The number of thiazole rings is 1. The van der Waals surface area contributed by atoms with E-state index in [-0.39, 0.29) is 43.7 Å². The smallest absolute Gasteiger partial charge is 0.334 e. The average Bonchev–Trinajstić information content (AvgIpc) is 4.05. The molecule has 7 atom stereocenters. The molecule has 6 N–H and O–H groups in total. The Bertz CT molecular complexity index is 2260. The lowest BCUT2D eigenvalue weighted by atomic mass is 9.94. The Morgan fingerprint density at radius 1 is 1.05 bits per heavy atom. The molecule has 22 heteroatoms. The molecule has 1 aromatic carbocycles. The van der Waals surface area contributed by atoms with Gasteiger partial charge in [0.25, 0.3) is 5.91 Å². The second-order valence-corrected chi connectivity index (χ2v) is 18.2. The number of esters is 1. The molecule has 0 saturated carbocycles. The number of allylic oxidation sites excluding steroid dienone is 2. The Morgan fingerprint density at radius 3 is 2.42 bits per heavy atom. The number of ether oxygens (including phenoxy) is 2. The molecule has 0 spiro atoms. The zero-order chi connectivity index (χ0) is 46.9. The number of carbonyl (C=O) groups is 7. The van der Waals surface area contributed by atoms with E-state index in [4.69, 9.17) is 14.5 Å². The van der Waals surface area contributed by atoms with Crippen molar-refractivity contribution in [2.75, 3.05) is 33.4 Å². The van der Waals surface area contributed by atoms with E-state index < -0.39 is 107 Å². The maximum absolute atomic E-state index is 14.5. The van der Waals surface area contributed by atoms with Crippen molar-refractivity contribution in [1.82, 2.24) is 35.5 Å². The molecule has 3 aliphatic heterocycles. The van der Waals surface area contributed by atoms with Gasteiger partial charge in [-0.15, -0.1) is 11.3 Å². The summed E-state index contributed by atoms with van der Waals surface area (Å²) >= 11 is 1.24. The number of amides is 5. The average molecular weight is 930 g/mol. The number of phenolic OH excluding ortho intramolecular Hbond substituents is 1. The van der Waals surface area contributed by atoms with E-state index in [1.807, 2.05) is 0 Å². The molecule has 5 amide bonds. The highest BCUT2D eigenvalue weighted by atomic mass is 32.2. The van der Waals surface area contributed by atoms with Crippen molar-refractivity contribution < 1.29 is 61.1 Å². The van der Waals surface area contributed by atoms with Crippen LogP contribution >= 0.6 is 11.3 Å². The minimum atomic E-state index is -4.86. The number of aromatic nitrogens is 1. The molecule has 5 rings (SSSR count). The van der Waals surface area contributed by atoms with E-state index in [1.165, 1.54) is 48.5 Å². The Kier molecular flexibility index (Phi) is 16.9. The molecule has 348 valence electrons. The lowest BCUT2D eigenvalue weighted by molar-refractivity contribution is -0.149. The largest absolute Gasteiger partial charge is 0.508 e. The maximum atomic E-state index is 14.5. The number of fused-ring (bicyclic) bond motifs is 3. The summed E-state index contributed by atoms with van der Waals surface area (Å²) in [5.74, 6) is -6.43. The van der Waals surface area contributed by atoms with Crippen molar-refractivity contribution in [2.24, 2.45) is 5.92 Å². The molecule has 2 aromatic rings. The number of Topliss-reactive ketones (excluding diaryl/α,β-unsaturated/α-hetero) is 1. The number of aromatic hydroxyl groups is 1. The van der Waals surface area contributed by atoms with Crippen LogP contribution in [0, 0.1) is 5.92 Å². The van der Waals surface area contributed by atoms with Gasteiger partial charge in [0.05, 0.1) is 24.4 Å². The van der Waals surface area contributed by atoms with Gasteiger partial charge in [-0.1, -0.05) is 32.4 Å². The van der Waals surface area contributed by atoms with Gasteiger partial charge >= 0.3 is 16.3 Å². The quantitative estimate of drug-likeness (QED) is 0.105. The molecule has 2 bridgehead atoms. The van der Waals surface area contributed by atoms with Crippen molar-refractivity contribution in [3.8, 4) is 5.75 Å². The second-order valence-electron chi connectivity index (χ2n) is 16.1. The van der Waals surface area contributed by atoms with Crippen molar-refractivity contribution >= 4 is 69.0 Å². The molecule has 20 nitrogen and oxygen atoms in total. The van der Waals surface area contributed by atoms with Crippen molar-refractivity contribution in [2.45, 2.75) is 102 Å². The lowest BCUT2D eigenvalue weighted by Gasteiger charge is -2.32. The summed E-state index contributed by atoms with van der Waals surface area (Å²) in [7, 11) is -3.64.